The number of carbonyl (C=O) groups is 1. The third kappa shape index (κ3) is 2.85. The van der Waals surface area contributed by atoms with Crippen LogP contribution in [0.3, 0.4) is 0 Å². The van der Waals surface area contributed by atoms with Crippen molar-refractivity contribution in [3.8, 4) is 0 Å². The van der Waals surface area contributed by atoms with Crippen LogP contribution in [0.4, 0.5) is 0 Å². The van der Waals surface area contributed by atoms with E-state index in [2.05, 4.69) is 4.98 Å². The van der Waals surface area contributed by atoms with Crippen LogP contribution in [0, 0.1) is 13.8 Å². The average Bonchev–Trinajstić information content (AvgIpc) is 2.68. The molecule has 21 heavy (non-hydrogen) atoms. The molecule has 2 heterocycles. The second kappa shape index (κ2) is 5.97. The van der Waals surface area contributed by atoms with Crippen LogP contribution in [-0.4, -0.2) is 21.6 Å². The van der Waals surface area contributed by atoms with Gasteiger partial charge in [0.25, 0.3) is 5.56 Å². The van der Waals surface area contributed by atoms with Gasteiger partial charge in [0.05, 0.1) is 17.8 Å². The van der Waals surface area contributed by atoms with Crippen molar-refractivity contribution in [3.63, 3.8) is 0 Å². The molecule has 0 fully saturated rings. The number of aromatic nitrogens is 2. The fraction of sp³-hybridized carbons (Fsp3) is 0.533. The van der Waals surface area contributed by atoms with Crippen molar-refractivity contribution in [2.24, 2.45) is 0 Å². The molecule has 0 aliphatic rings. The maximum atomic E-state index is 12.7. The summed E-state index contributed by atoms with van der Waals surface area (Å²) in [6, 6.07) is -0.628. The summed E-state index contributed by atoms with van der Waals surface area (Å²) in [7, 11) is 0. The lowest BCUT2D eigenvalue weighted by Crippen LogP contribution is -2.32. The number of esters is 1. The highest BCUT2D eigenvalue weighted by atomic mass is 32.1. The molecule has 6 heteroatoms. The number of nitrogens with zero attached hydrogens (tertiary/aromatic N) is 2. The van der Waals surface area contributed by atoms with E-state index in [4.69, 9.17) is 4.74 Å². The van der Waals surface area contributed by atoms with E-state index in [0.717, 1.165) is 15.3 Å². The molecule has 114 valence electrons. The van der Waals surface area contributed by atoms with Gasteiger partial charge < -0.3 is 4.74 Å². The minimum Gasteiger partial charge on any atom is -0.461 e. The third-order valence-electron chi connectivity index (χ3n) is 3.46. The van der Waals surface area contributed by atoms with Crippen molar-refractivity contribution < 1.29 is 9.53 Å². The molecule has 0 aliphatic carbocycles. The van der Waals surface area contributed by atoms with Crippen molar-refractivity contribution in [2.45, 2.75) is 53.2 Å². The first kappa shape index (κ1) is 15.7. The first-order valence-corrected chi connectivity index (χ1v) is 7.85. The summed E-state index contributed by atoms with van der Waals surface area (Å²) in [5.74, 6) is -0.389. The fourth-order valence-electron chi connectivity index (χ4n) is 2.26. The number of rotatable bonds is 4. The van der Waals surface area contributed by atoms with Gasteiger partial charge in [-0.25, -0.2) is 9.78 Å². The lowest BCUT2D eigenvalue weighted by atomic mass is 10.2. The Balaban J connectivity index is 2.55. The Bertz CT molecular complexity index is 730. The summed E-state index contributed by atoms with van der Waals surface area (Å²) in [5.41, 5.74) is 0.767. The molecule has 0 spiro atoms. The van der Waals surface area contributed by atoms with Crippen molar-refractivity contribution >= 4 is 27.5 Å². The molecule has 0 saturated heterocycles. The van der Waals surface area contributed by atoms with Crippen molar-refractivity contribution in [1.82, 2.24) is 9.55 Å². The van der Waals surface area contributed by atoms with E-state index in [1.807, 2.05) is 20.8 Å². The molecule has 5 nitrogen and oxygen atoms in total. The van der Waals surface area contributed by atoms with Gasteiger partial charge in [-0.15, -0.1) is 11.3 Å². The van der Waals surface area contributed by atoms with Crippen LogP contribution in [-0.2, 0) is 9.53 Å². The molecule has 2 aromatic rings. The summed E-state index contributed by atoms with van der Waals surface area (Å²) in [4.78, 5) is 31.0. The maximum Gasteiger partial charge on any atom is 0.329 e. The molecule has 0 N–H and O–H groups in total. The van der Waals surface area contributed by atoms with Gasteiger partial charge >= 0.3 is 5.97 Å². The van der Waals surface area contributed by atoms with Crippen LogP contribution in [0.25, 0.3) is 10.2 Å². The molecular weight excluding hydrogens is 288 g/mol. The van der Waals surface area contributed by atoms with Gasteiger partial charge in [0, 0.05) is 4.88 Å². The third-order valence-corrected chi connectivity index (χ3v) is 4.58. The molecule has 0 aromatic carbocycles. The molecule has 0 unspecified atom stereocenters. The zero-order valence-electron chi connectivity index (χ0n) is 13.0. The maximum absolute atomic E-state index is 12.7. The predicted molar refractivity (Wildman–Crippen MR) is 83.9 cm³/mol. The first-order valence-electron chi connectivity index (χ1n) is 7.04. The van der Waals surface area contributed by atoms with E-state index in [1.54, 1.807) is 13.8 Å². The topological polar surface area (TPSA) is 61.2 Å². The molecule has 0 bridgehead atoms. The monoisotopic (exact) mass is 308 g/mol. The van der Waals surface area contributed by atoms with Crippen molar-refractivity contribution in [1.29, 1.82) is 0 Å². The Labute approximate surface area is 127 Å². The quantitative estimate of drug-likeness (QED) is 0.815. The number of hydrogen-bond donors (Lipinski definition) is 0. The number of carbonyl (C=O) groups excluding carboxylic acids is 1. The van der Waals surface area contributed by atoms with Crippen LogP contribution in [0.15, 0.2) is 11.1 Å². The molecule has 0 saturated carbocycles. The Kier molecular flexibility index (Phi) is 4.46. The average molecular weight is 308 g/mol. The summed E-state index contributed by atoms with van der Waals surface area (Å²) < 4.78 is 6.63. The summed E-state index contributed by atoms with van der Waals surface area (Å²) >= 11 is 1.50. The molecular formula is C15H20N2O3S. The highest BCUT2D eigenvalue weighted by Gasteiger charge is 2.24. The van der Waals surface area contributed by atoms with E-state index in [0.29, 0.717) is 11.8 Å². The fourth-order valence-corrected chi connectivity index (χ4v) is 3.25. The van der Waals surface area contributed by atoms with Gasteiger partial charge in [-0.05, 0) is 39.7 Å². The first-order chi connectivity index (χ1) is 9.86. The van der Waals surface area contributed by atoms with Crippen LogP contribution in [0.1, 0.15) is 43.7 Å². The predicted octanol–water partition coefficient (Wildman–Crippen LogP) is 2.98. The number of hydrogen-bond acceptors (Lipinski definition) is 5. The van der Waals surface area contributed by atoms with Gasteiger partial charge in [-0.2, -0.15) is 0 Å². The van der Waals surface area contributed by atoms with Gasteiger partial charge in [0.1, 0.15) is 10.9 Å². The lowest BCUT2D eigenvalue weighted by molar-refractivity contribution is -0.151. The highest BCUT2D eigenvalue weighted by Crippen LogP contribution is 2.26. The van der Waals surface area contributed by atoms with E-state index in [1.165, 1.54) is 22.2 Å². The molecule has 0 amide bonds. The summed E-state index contributed by atoms with van der Waals surface area (Å²) in [6.45, 7) is 9.32. The zero-order valence-corrected chi connectivity index (χ0v) is 13.8. The molecule has 1 atom stereocenters. The molecule has 2 aromatic heterocycles. The Hall–Kier alpha value is -1.69. The largest absolute Gasteiger partial charge is 0.461 e. The second-order valence-corrected chi connectivity index (χ2v) is 6.53. The lowest BCUT2D eigenvalue weighted by Gasteiger charge is -2.18. The smallest absolute Gasteiger partial charge is 0.329 e. The minimum atomic E-state index is -0.628. The molecule has 0 radical (unpaired) electrons. The zero-order chi connectivity index (χ0) is 15.7. The Morgan fingerprint density at radius 1 is 1.43 bits per heavy atom. The Morgan fingerprint density at radius 3 is 2.67 bits per heavy atom. The molecule has 0 aliphatic heterocycles. The van der Waals surface area contributed by atoms with Crippen LogP contribution in [0.5, 0.6) is 0 Å². The number of ether oxygens (including phenoxy) is 1. The van der Waals surface area contributed by atoms with Gasteiger partial charge in [-0.1, -0.05) is 6.92 Å². The Morgan fingerprint density at radius 2 is 2.10 bits per heavy atom. The van der Waals surface area contributed by atoms with E-state index >= 15 is 0 Å². The van der Waals surface area contributed by atoms with Crippen LogP contribution in [0.2, 0.25) is 0 Å². The van der Waals surface area contributed by atoms with Gasteiger partial charge in [-0.3, -0.25) is 9.36 Å². The van der Waals surface area contributed by atoms with E-state index in [9.17, 15) is 9.59 Å². The summed E-state index contributed by atoms with van der Waals surface area (Å²) in [6.07, 6.45) is 1.74. The van der Waals surface area contributed by atoms with Crippen LogP contribution < -0.4 is 5.56 Å². The highest BCUT2D eigenvalue weighted by molar-refractivity contribution is 7.18. The van der Waals surface area contributed by atoms with Crippen LogP contribution >= 0.6 is 11.3 Å². The summed E-state index contributed by atoms with van der Waals surface area (Å²) in [5, 5.41) is 0.607. The number of thiophene rings is 1. The van der Waals surface area contributed by atoms with Crippen molar-refractivity contribution in [3.05, 3.63) is 27.1 Å². The van der Waals surface area contributed by atoms with E-state index in [-0.39, 0.29) is 17.6 Å². The normalized spacial score (nSPS) is 12.9. The van der Waals surface area contributed by atoms with E-state index < -0.39 is 6.04 Å². The number of fused-ring (bicyclic) bond motifs is 1. The SMILES string of the molecule is CC[C@@H](C(=O)OC(C)C)n1cnc2sc(C)c(C)c2c1=O. The minimum absolute atomic E-state index is 0.172. The standard InChI is InChI=1S/C15H20N2O3S/c1-6-11(15(19)20-8(2)3)17-7-16-13-12(14(17)18)9(4)10(5)21-13/h7-8,11H,6H2,1-5H3/t11-/m0/s1. The number of aryl methyl sites for hydroxylation is 2. The van der Waals surface area contributed by atoms with Gasteiger partial charge in [0.15, 0.2) is 0 Å². The van der Waals surface area contributed by atoms with Crippen molar-refractivity contribution in [2.75, 3.05) is 0 Å². The van der Waals surface area contributed by atoms with Gasteiger partial charge in [0.2, 0.25) is 0 Å². The second-order valence-electron chi connectivity index (χ2n) is 5.33. The molecule has 2 rings (SSSR count).